The molecule has 1 aromatic rings. The van der Waals surface area contributed by atoms with Gasteiger partial charge in [-0.3, -0.25) is 0 Å². The second kappa shape index (κ2) is 5.34. The van der Waals surface area contributed by atoms with E-state index in [2.05, 4.69) is 50.5 Å². The lowest BCUT2D eigenvalue weighted by atomic mass is 9.87. The van der Waals surface area contributed by atoms with E-state index in [1.807, 2.05) is 0 Å². The average Bonchev–Trinajstić information content (AvgIpc) is 2.88. The van der Waals surface area contributed by atoms with Gasteiger partial charge in [-0.2, -0.15) is 0 Å². The van der Waals surface area contributed by atoms with Crippen molar-refractivity contribution in [2.75, 3.05) is 6.61 Å². The molecule has 0 amide bonds. The van der Waals surface area contributed by atoms with Crippen LogP contribution in [0.3, 0.4) is 0 Å². The Morgan fingerprint density at radius 2 is 1.44 bits per heavy atom. The van der Waals surface area contributed by atoms with Crippen LogP contribution in [0.1, 0.15) is 51.0 Å². The Morgan fingerprint density at radius 3 is 1.89 bits per heavy atom. The molecule has 1 saturated heterocycles. The second-order valence-corrected chi connectivity index (χ2v) is 6.48. The van der Waals surface area contributed by atoms with E-state index >= 15 is 0 Å². The van der Waals surface area contributed by atoms with Gasteiger partial charge in [-0.25, -0.2) is 0 Å². The van der Waals surface area contributed by atoms with Crippen LogP contribution in [-0.4, -0.2) is 12.7 Å². The van der Waals surface area contributed by atoms with E-state index in [1.54, 1.807) is 0 Å². The van der Waals surface area contributed by atoms with Crippen LogP contribution in [0, 0.1) is 34.6 Å². The first-order chi connectivity index (χ1) is 8.45. The van der Waals surface area contributed by atoms with Crippen molar-refractivity contribution in [3.05, 3.63) is 33.4 Å². The van der Waals surface area contributed by atoms with Crippen molar-refractivity contribution < 1.29 is 4.74 Å². The molecule has 18 heavy (non-hydrogen) atoms. The molecule has 2 atom stereocenters. The van der Waals surface area contributed by atoms with Gasteiger partial charge in [-0.15, -0.1) is 0 Å². The fourth-order valence-corrected chi connectivity index (χ4v) is 4.07. The number of alkyl halides is 1. The summed E-state index contributed by atoms with van der Waals surface area (Å²) in [5.74, 6) is 0. The van der Waals surface area contributed by atoms with Crippen LogP contribution in [0.2, 0.25) is 0 Å². The van der Waals surface area contributed by atoms with Crippen LogP contribution in [0.4, 0.5) is 0 Å². The molecule has 2 rings (SSSR count). The zero-order valence-corrected chi connectivity index (χ0v) is 13.6. The van der Waals surface area contributed by atoms with Crippen LogP contribution in [-0.2, 0) is 4.74 Å². The highest BCUT2D eigenvalue weighted by atomic mass is 79.9. The molecule has 0 aliphatic carbocycles. The Balaban J connectivity index is 2.49. The lowest BCUT2D eigenvalue weighted by Gasteiger charge is -2.25. The summed E-state index contributed by atoms with van der Waals surface area (Å²) in [4.78, 5) is 0.331. The minimum absolute atomic E-state index is 0.331. The summed E-state index contributed by atoms with van der Waals surface area (Å²) in [6.45, 7) is 12.1. The number of benzene rings is 1. The Morgan fingerprint density at radius 1 is 0.944 bits per heavy atom. The third-order valence-corrected chi connectivity index (χ3v) is 5.67. The summed E-state index contributed by atoms with van der Waals surface area (Å²) in [7, 11) is 0. The summed E-state index contributed by atoms with van der Waals surface area (Å²) in [6, 6.07) is 0. The van der Waals surface area contributed by atoms with Crippen LogP contribution in [0.5, 0.6) is 0 Å². The molecule has 0 radical (unpaired) electrons. The molecular formula is C16H23BrO. The van der Waals surface area contributed by atoms with Gasteiger partial charge in [0.05, 0.1) is 10.9 Å². The van der Waals surface area contributed by atoms with Gasteiger partial charge in [0.2, 0.25) is 0 Å². The summed E-state index contributed by atoms with van der Waals surface area (Å²) < 4.78 is 5.84. The molecule has 1 aliphatic heterocycles. The predicted octanol–water partition coefficient (Wildman–Crippen LogP) is 4.84. The van der Waals surface area contributed by atoms with Crippen LogP contribution in [0.15, 0.2) is 0 Å². The van der Waals surface area contributed by atoms with Crippen molar-refractivity contribution >= 4 is 15.9 Å². The zero-order valence-electron chi connectivity index (χ0n) is 12.1. The van der Waals surface area contributed by atoms with E-state index in [4.69, 9.17) is 4.74 Å². The van der Waals surface area contributed by atoms with E-state index in [0.29, 0.717) is 10.9 Å². The summed E-state index contributed by atoms with van der Waals surface area (Å²) in [6.07, 6.45) is 2.69. The van der Waals surface area contributed by atoms with Crippen molar-refractivity contribution in [1.82, 2.24) is 0 Å². The van der Waals surface area contributed by atoms with Crippen molar-refractivity contribution in [3.8, 4) is 0 Å². The largest absolute Gasteiger partial charge is 0.377 e. The maximum Gasteiger partial charge on any atom is 0.0742 e. The Kier molecular flexibility index (Phi) is 4.18. The van der Waals surface area contributed by atoms with Crippen molar-refractivity contribution in [2.45, 2.75) is 58.4 Å². The number of rotatable bonds is 2. The molecule has 1 nitrogen and oxygen atoms in total. The normalized spacial score (nSPS) is 21.3. The predicted molar refractivity (Wildman–Crippen MR) is 80.8 cm³/mol. The van der Waals surface area contributed by atoms with Crippen molar-refractivity contribution in [2.24, 2.45) is 0 Å². The van der Waals surface area contributed by atoms with Crippen LogP contribution < -0.4 is 0 Å². The van der Waals surface area contributed by atoms with Gasteiger partial charge < -0.3 is 4.74 Å². The van der Waals surface area contributed by atoms with E-state index < -0.39 is 0 Å². The number of ether oxygens (including phenoxy) is 1. The average molecular weight is 311 g/mol. The third-order valence-electron chi connectivity index (χ3n) is 4.63. The van der Waals surface area contributed by atoms with Crippen molar-refractivity contribution in [1.29, 1.82) is 0 Å². The molecule has 0 aromatic heterocycles. The minimum atomic E-state index is 0.331. The summed E-state index contributed by atoms with van der Waals surface area (Å²) in [5, 5.41) is 0. The Bertz CT molecular complexity index is 430. The van der Waals surface area contributed by atoms with E-state index in [1.165, 1.54) is 46.2 Å². The lowest BCUT2D eigenvalue weighted by Crippen LogP contribution is -2.16. The standard InChI is InChI=1S/C16H23BrO/c1-9-10(2)12(4)15(13(5)11(9)3)16(17)14-7-6-8-18-14/h14,16H,6-8H2,1-5H3. The summed E-state index contributed by atoms with van der Waals surface area (Å²) >= 11 is 3.88. The molecule has 2 heteroatoms. The lowest BCUT2D eigenvalue weighted by molar-refractivity contribution is 0.110. The van der Waals surface area contributed by atoms with Gasteiger partial charge in [-0.05, 0) is 80.8 Å². The topological polar surface area (TPSA) is 9.23 Å². The SMILES string of the molecule is Cc1c(C)c(C)c(C(Br)C2CCCO2)c(C)c1C. The highest BCUT2D eigenvalue weighted by Gasteiger charge is 2.28. The first-order valence-electron chi connectivity index (χ1n) is 6.77. The molecule has 100 valence electrons. The number of hydrogen-bond donors (Lipinski definition) is 0. The second-order valence-electron chi connectivity index (χ2n) is 5.49. The maximum atomic E-state index is 5.84. The number of halogens is 1. The van der Waals surface area contributed by atoms with Gasteiger partial charge in [0, 0.05) is 6.61 Å². The maximum absolute atomic E-state index is 5.84. The highest BCUT2D eigenvalue weighted by Crippen LogP contribution is 2.40. The molecule has 0 bridgehead atoms. The molecule has 1 aliphatic rings. The Hall–Kier alpha value is -0.340. The fraction of sp³-hybridized carbons (Fsp3) is 0.625. The Labute approximate surface area is 119 Å². The molecule has 0 saturated carbocycles. The molecule has 1 heterocycles. The van der Waals surface area contributed by atoms with Gasteiger partial charge in [0.1, 0.15) is 0 Å². The molecule has 2 unspecified atom stereocenters. The first-order valence-corrected chi connectivity index (χ1v) is 7.69. The van der Waals surface area contributed by atoms with E-state index in [-0.39, 0.29) is 0 Å². The molecule has 0 spiro atoms. The smallest absolute Gasteiger partial charge is 0.0742 e. The molecule has 0 N–H and O–H groups in total. The molecule has 1 aromatic carbocycles. The van der Waals surface area contributed by atoms with Gasteiger partial charge >= 0.3 is 0 Å². The fourth-order valence-electron chi connectivity index (χ4n) is 2.96. The van der Waals surface area contributed by atoms with Gasteiger partial charge in [0.15, 0.2) is 0 Å². The first kappa shape index (κ1) is 14.1. The molecule has 1 fully saturated rings. The quantitative estimate of drug-likeness (QED) is 0.710. The van der Waals surface area contributed by atoms with Gasteiger partial charge in [-0.1, -0.05) is 15.9 Å². The van der Waals surface area contributed by atoms with Gasteiger partial charge in [0.25, 0.3) is 0 Å². The van der Waals surface area contributed by atoms with Crippen LogP contribution >= 0.6 is 15.9 Å². The van der Waals surface area contributed by atoms with Crippen molar-refractivity contribution in [3.63, 3.8) is 0 Å². The number of hydrogen-bond acceptors (Lipinski definition) is 1. The molecular weight excluding hydrogens is 288 g/mol. The summed E-state index contributed by atoms with van der Waals surface area (Å²) in [5.41, 5.74) is 8.58. The van der Waals surface area contributed by atoms with E-state index in [0.717, 1.165) is 6.61 Å². The zero-order chi connectivity index (χ0) is 13.4. The minimum Gasteiger partial charge on any atom is -0.377 e. The van der Waals surface area contributed by atoms with E-state index in [9.17, 15) is 0 Å². The monoisotopic (exact) mass is 310 g/mol. The highest BCUT2D eigenvalue weighted by molar-refractivity contribution is 9.09. The third kappa shape index (κ3) is 2.25. The van der Waals surface area contributed by atoms with Crippen LogP contribution in [0.25, 0.3) is 0 Å².